The molecule has 3 rings (SSSR count). The molecule has 30 heavy (non-hydrogen) atoms. The molecule has 160 valence electrons. The molecule has 1 atom stereocenters. The highest BCUT2D eigenvalue weighted by Gasteiger charge is 2.28. The summed E-state index contributed by atoms with van der Waals surface area (Å²) in [5.74, 6) is 0.882. The quantitative estimate of drug-likeness (QED) is 0.728. The standard InChI is InChI=1S/C24H29ClN2O3/c1-16(2)19-8-5-7-11-22(19)30-17(3)24(29)27-14-12-18(13-15-27)26-23(28)20-9-4-6-10-21(20)25/h4-11,16-18H,12-15H2,1-3H3,(H,26,28). The van der Waals surface area contributed by atoms with Crippen molar-refractivity contribution in [1.82, 2.24) is 10.2 Å². The predicted molar refractivity (Wildman–Crippen MR) is 119 cm³/mol. The number of nitrogens with zero attached hydrogens (tertiary/aromatic N) is 1. The second-order valence-corrected chi connectivity index (χ2v) is 8.41. The van der Waals surface area contributed by atoms with Gasteiger partial charge in [-0.2, -0.15) is 0 Å². The average molecular weight is 429 g/mol. The Morgan fingerprint density at radius 1 is 1.03 bits per heavy atom. The zero-order chi connectivity index (χ0) is 21.7. The predicted octanol–water partition coefficient (Wildman–Crippen LogP) is 4.65. The van der Waals surface area contributed by atoms with E-state index in [2.05, 4.69) is 19.2 Å². The summed E-state index contributed by atoms with van der Waals surface area (Å²) in [6.45, 7) is 7.19. The van der Waals surface area contributed by atoms with E-state index in [-0.39, 0.29) is 17.9 Å². The Morgan fingerprint density at radius 3 is 2.33 bits per heavy atom. The van der Waals surface area contributed by atoms with Crippen molar-refractivity contribution in [3.05, 3.63) is 64.7 Å². The Balaban J connectivity index is 1.53. The first-order chi connectivity index (χ1) is 14.4. The van der Waals surface area contributed by atoms with Crippen LogP contribution in [0.5, 0.6) is 5.75 Å². The number of piperidine rings is 1. The third-order valence-electron chi connectivity index (χ3n) is 5.45. The molecule has 5 nitrogen and oxygen atoms in total. The minimum Gasteiger partial charge on any atom is -0.481 e. The van der Waals surface area contributed by atoms with E-state index in [1.807, 2.05) is 29.2 Å². The van der Waals surface area contributed by atoms with Crippen LogP contribution in [0, 0.1) is 0 Å². The maximum absolute atomic E-state index is 12.9. The van der Waals surface area contributed by atoms with Gasteiger partial charge in [-0.05, 0) is 49.4 Å². The molecule has 0 saturated carbocycles. The van der Waals surface area contributed by atoms with Crippen LogP contribution in [0.3, 0.4) is 0 Å². The normalized spacial score (nSPS) is 15.7. The van der Waals surface area contributed by atoms with Crippen molar-refractivity contribution in [2.45, 2.75) is 51.7 Å². The van der Waals surface area contributed by atoms with Crippen LogP contribution in [-0.2, 0) is 4.79 Å². The number of carbonyl (C=O) groups excluding carboxylic acids is 2. The Labute approximate surface area is 183 Å². The van der Waals surface area contributed by atoms with Gasteiger partial charge in [-0.1, -0.05) is 55.8 Å². The van der Waals surface area contributed by atoms with Crippen LogP contribution in [0.1, 0.15) is 55.5 Å². The van der Waals surface area contributed by atoms with Gasteiger partial charge in [-0.3, -0.25) is 9.59 Å². The van der Waals surface area contributed by atoms with Crippen LogP contribution < -0.4 is 10.1 Å². The average Bonchev–Trinajstić information content (AvgIpc) is 2.74. The molecule has 0 aliphatic carbocycles. The fourth-order valence-corrected chi connectivity index (χ4v) is 3.94. The van der Waals surface area contributed by atoms with E-state index in [1.54, 1.807) is 31.2 Å². The zero-order valence-electron chi connectivity index (χ0n) is 17.7. The highest BCUT2D eigenvalue weighted by Crippen LogP contribution is 2.27. The lowest BCUT2D eigenvalue weighted by atomic mass is 10.0. The second kappa shape index (κ2) is 9.98. The number of carbonyl (C=O) groups is 2. The molecule has 0 radical (unpaired) electrons. The molecule has 1 heterocycles. The Morgan fingerprint density at radius 2 is 1.67 bits per heavy atom. The Hall–Kier alpha value is -2.53. The van der Waals surface area contributed by atoms with Crippen LogP contribution in [0.25, 0.3) is 0 Å². The summed E-state index contributed by atoms with van der Waals surface area (Å²) in [4.78, 5) is 27.1. The Kier molecular flexibility index (Phi) is 7.38. The van der Waals surface area contributed by atoms with Crippen molar-refractivity contribution in [1.29, 1.82) is 0 Å². The first kappa shape index (κ1) is 22.2. The molecule has 1 N–H and O–H groups in total. The van der Waals surface area contributed by atoms with Gasteiger partial charge in [0.25, 0.3) is 11.8 Å². The van der Waals surface area contributed by atoms with Gasteiger partial charge >= 0.3 is 0 Å². The van der Waals surface area contributed by atoms with Crippen LogP contribution in [0.2, 0.25) is 5.02 Å². The van der Waals surface area contributed by atoms with Crippen molar-refractivity contribution in [2.75, 3.05) is 13.1 Å². The van der Waals surface area contributed by atoms with Crippen molar-refractivity contribution < 1.29 is 14.3 Å². The van der Waals surface area contributed by atoms with Crippen molar-refractivity contribution >= 4 is 23.4 Å². The molecule has 0 spiro atoms. The van der Waals surface area contributed by atoms with Crippen LogP contribution in [0.4, 0.5) is 0 Å². The molecule has 2 amide bonds. The lowest BCUT2D eigenvalue weighted by Crippen LogP contribution is -2.49. The minimum absolute atomic E-state index is 0.0237. The van der Waals surface area contributed by atoms with E-state index in [1.165, 1.54) is 0 Å². The van der Waals surface area contributed by atoms with E-state index in [9.17, 15) is 9.59 Å². The van der Waals surface area contributed by atoms with Gasteiger partial charge in [0.05, 0.1) is 10.6 Å². The molecular weight excluding hydrogens is 400 g/mol. The van der Waals surface area contributed by atoms with E-state index in [0.717, 1.165) is 11.3 Å². The number of likely N-dealkylation sites (tertiary alicyclic amines) is 1. The van der Waals surface area contributed by atoms with Crippen molar-refractivity contribution in [3.8, 4) is 5.75 Å². The summed E-state index contributed by atoms with van der Waals surface area (Å²) < 4.78 is 6.01. The summed E-state index contributed by atoms with van der Waals surface area (Å²) in [6, 6.07) is 14.9. The lowest BCUT2D eigenvalue weighted by Gasteiger charge is -2.34. The van der Waals surface area contributed by atoms with E-state index in [0.29, 0.717) is 42.4 Å². The van der Waals surface area contributed by atoms with Gasteiger partial charge in [-0.25, -0.2) is 0 Å². The third-order valence-corrected chi connectivity index (χ3v) is 5.78. The van der Waals surface area contributed by atoms with Crippen LogP contribution in [0.15, 0.2) is 48.5 Å². The van der Waals surface area contributed by atoms with Crippen LogP contribution >= 0.6 is 11.6 Å². The molecule has 0 aromatic heterocycles. The first-order valence-electron chi connectivity index (χ1n) is 10.5. The molecule has 1 aliphatic heterocycles. The summed E-state index contributed by atoms with van der Waals surface area (Å²) in [6.07, 6.45) is 0.855. The third kappa shape index (κ3) is 5.33. The smallest absolute Gasteiger partial charge is 0.263 e. The van der Waals surface area contributed by atoms with Gasteiger partial charge < -0.3 is 15.0 Å². The number of benzene rings is 2. The molecule has 6 heteroatoms. The highest BCUT2D eigenvalue weighted by molar-refractivity contribution is 6.33. The number of halogens is 1. The number of ether oxygens (including phenoxy) is 1. The molecular formula is C24H29ClN2O3. The maximum Gasteiger partial charge on any atom is 0.263 e. The van der Waals surface area contributed by atoms with E-state index >= 15 is 0 Å². The maximum atomic E-state index is 12.9. The number of para-hydroxylation sites is 1. The summed E-state index contributed by atoms with van der Waals surface area (Å²) in [7, 11) is 0. The van der Waals surface area contributed by atoms with Crippen LogP contribution in [-0.4, -0.2) is 41.9 Å². The number of hydrogen-bond acceptors (Lipinski definition) is 3. The lowest BCUT2D eigenvalue weighted by molar-refractivity contribution is -0.139. The van der Waals surface area contributed by atoms with E-state index < -0.39 is 6.10 Å². The van der Waals surface area contributed by atoms with Gasteiger partial charge in [0.1, 0.15) is 5.75 Å². The highest BCUT2D eigenvalue weighted by atomic mass is 35.5. The summed E-state index contributed by atoms with van der Waals surface area (Å²) in [5.41, 5.74) is 1.57. The zero-order valence-corrected chi connectivity index (χ0v) is 18.5. The van der Waals surface area contributed by atoms with Gasteiger partial charge in [0.15, 0.2) is 6.10 Å². The number of rotatable bonds is 6. The molecule has 2 aromatic carbocycles. The van der Waals surface area contributed by atoms with Gasteiger partial charge in [0, 0.05) is 19.1 Å². The first-order valence-corrected chi connectivity index (χ1v) is 10.8. The van der Waals surface area contributed by atoms with Gasteiger partial charge in [0.2, 0.25) is 0 Å². The van der Waals surface area contributed by atoms with E-state index in [4.69, 9.17) is 16.3 Å². The fourth-order valence-electron chi connectivity index (χ4n) is 3.72. The largest absolute Gasteiger partial charge is 0.481 e. The minimum atomic E-state index is -0.556. The fraction of sp³-hybridized carbons (Fsp3) is 0.417. The van der Waals surface area contributed by atoms with Gasteiger partial charge in [-0.15, -0.1) is 0 Å². The SMILES string of the molecule is CC(Oc1ccccc1C(C)C)C(=O)N1CCC(NC(=O)c2ccccc2Cl)CC1. The molecule has 0 bridgehead atoms. The molecule has 2 aromatic rings. The molecule has 1 fully saturated rings. The van der Waals surface area contributed by atoms with Crippen molar-refractivity contribution in [3.63, 3.8) is 0 Å². The Bertz CT molecular complexity index is 892. The molecule has 1 saturated heterocycles. The summed E-state index contributed by atoms with van der Waals surface area (Å²) in [5, 5.41) is 3.47. The number of amides is 2. The van der Waals surface area contributed by atoms with Crippen molar-refractivity contribution in [2.24, 2.45) is 0 Å². The number of nitrogens with one attached hydrogen (secondary N) is 1. The topological polar surface area (TPSA) is 58.6 Å². The molecule has 1 unspecified atom stereocenters. The second-order valence-electron chi connectivity index (χ2n) is 8.01. The monoisotopic (exact) mass is 428 g/mol. The summed E-state index contributed by atoms with van der Waals surface area (Å²) >= 11 is 6.11. The number of hydrogen-bond donors (Lipinski definition) is 1. The molecule has 1 aliphatic rings.